The van der Waals surface area contributed by atoms with Crippen molar-refractivity contribution in [1.82, 2.24) is 0 Å². The third-order valence-corrected chi connectivity index (χ3v) is 3.44. The molecule has 0 aliphatic heterocycles. The fourth-order valence-electron chi connectivity index (χ4n) is 0.864. The molecule has 0 heterocycles. The zero-order chi connectivity index (χ0) is 10.6. The van der Waals surface area contributed by atoms with Crippen LogP contribution in [0.15, 0.2) is 22.7 Å². The Morgan fingerprint density at radius 3 is 2.86 bits per heavy atom. The van der Waals surface area contributed by atoms with Gasteiger partial charge < -0.3 is 4.74 Å². The van der Waals surface area contributed by atoms with Crippen molar-refractivity contribution in [2.45, 2.75) is 6.92 Å². The van der Waals surface area contributed by atoms with Crippen molar-refractivity contribution in [3.63, 3.8) is 0 Å². The first-order valence-corrected chi connectivity index (χ1v) is 6.18. The van der Waals surface area contributed by atoms with Crippen LogP contribution in [0.5, 0.6) is 5.75 Å². The summed E-state index contributed by atoms with van der Waals surface area (Å²) >= 11 is 6.65. The van der Waals surface area contributed by atoms with Gasteiger partial charge in [-0.25, -0.2) is 4.39 Å². The fourth-order valence-corrected chi connectivity index (χ4v) is 1.41. The molecule has 0 N–H and O–H groups in total. The van der Waals surface area contributed by atoms with Gasteiger partial charge in [0.15, 0.2) is 0 Å². The van der Waals surface area contributed by atoms with E-state index in [4.69, 9.17) is 4.74 Å². The molecule has 0 saturated heterocycles. The van der Waals surface area contributed by atoms with Crippen LogP contribution in [0.1, 0.15) is 6.92 Å². The Morgan fingerprint density at radius 1 is 1.50 bits per heavy atom. The van der Waals surface area contributed by atoms with E-state index in [0.29, 0.717) is 18.3 Å². The molecule has 1 aromatic carbocycles. The normalized spacial score (nSPS) is 12.6. The minimum atomic E-state index is -0.283. The highest BCUT2D eigenvalue weighted by Crippen LogP contribution is 2.25. The number of rotatable bonds is 4. The van der Waals surface area contributed by atoms with E-state index in [2.05, 4.69) is 38.8 Å². The van der Waals surface area contributed by atoms with Crippen molar-refractivity contribution < 1.29 is 9.13 Å². The fraction of sp³-hybridized carbons (Fsp3) is 0.400. The molecule has 0 spiro atoms. The van der Waals surface area contributed by atoms with Crippen LogP contribution in [0.3, 0.4) is 0 Å². The Labute approximate surface area is 99.9 Å². The second-order valence-electron chi connectivity index (χ2n) is 3.15. The van der Waals surface area contributed by atoms with Crippen LogP contribution in [0, 0.1) is 11.7 Å². The molecule has 1 unspecified atom stereocenters. The molecular formula is C10H11Br2FO. The summed E-state index contributed by atoms with van der Waals surface area (Å²) in [6.07, 6.45) is 0. The van der Waals surface area contributed by atoms with Gasteiger partial charge in [-0.3, -0.25) is 0 Å². The largest absolute Gasteiger partial charge is 0.492 e. The minimum Gasteiger partial charge on any atom is -0.492 e. The van der Waals surface area contributed by atoms with E-state index in [9.17, 15) is 4.39 Å². The number of hydrogen-bond acceptors (Lipinski definition) is 1. The first kappa shape index (κ1) is 12.0. The van der Waals surface area contributed by atoms with E-state index in [1.54, 1.807) is 6.07 Å². The topological polar surface area (TPSA) is 9.23 Å². The minimum absolute atomic E-state index is 0.283. The second kappa shape index (κ2) is 5.71. The summed E-state index contributed by atoms with van der Waals surface area (Å²) in [6, 6.07) is 4.42. The average Bonchev–Trinajstić information content (AvgIpc) is 2.19. The van der Waals surface area contributed by atoms with Gasteiger partial charge in [-0.15, -0.1) is 0 Å². The van der Waals surface area contributed by atoms with Crippen molar-refractivity contribution >= 4 is 31.9 Å². The molecule has 1 nitrogen and oxygen atoms in total. The summed E-state index contributed by atoms with van der Waals surface area (Å²) in [7, 11) is 0. The molecule has 78 valence electrons. The maximum absolute atomic E-state index is 12.8. The maximum atomic E-state index is 12.8. The van der Waals surface area contributed by atoms with Crippen LogP contribution < -0.4 is 4.74 Å². The van der Waals surface area contributed by atoms with Crippen LogP contribution in [-0.2, 0) is 0 Å². The van der Waals surface area contributed by atoms with Crippen molar-refractivity contribution in [3.8, 4) is 5.75 Å². The summed E-state index contributed by atoms with van der Waals surface area (Å²) in [5.41, 5.74) is 0. The van der Waals surface area contributed by atoms with Crippen LogP contribution >= 0.6 is 31.9 Å². The molecule has 1 rings (SSSR count). The highest BCUT2D eigenvalue weighted by Gasteiger charge is 2.05. The molecule has 0 aliphatic rings. The summed E-state index contributed by atoms with van der Waals surface area (Å²) in [4.78, 5) is 0. The molecule has 4 heteroatoms. The highest BCUT2D eigenvalue weighted by atomic mass is 79.9. The summed E-state index contributed by atoms with van der Waals surface area (Å²) in [6.45, 7) is 2.63. The lowest BCUT2D eigenvalue weighted by molar-refractivity contribution is 0.271. The Morgan fingerprint density at radius 2 is 2.21 bits per heavy atom. The maximum Gasteiger partial charge on any atom is 0.136 e. The van der Waals surface area contributed by atoms with E-state index in [0.717, 1.165) is 9.80 Å². The third-order valence-electron chi connectivity index (χ3n) is 1.68. The first-order valence-electron chi connectivity index (χ1n) is 4.27. The number of alkyl halides is 1. The Balaban J connectivity index is 2.62. The predicted molar refractivity (Wildman–Crippen MR) is 62.6 cm³/mol. The van der Waals surface area contributed by atoms with Crippen LogP contribution in [0.4, 0.5) is 4.39 Å². The van der Waals surface area contributed by atoms with Gasteiger partial charge in [-0.1, -0.05) is 22.9 Å². The summed E-state index contributed by atoms with van der Waals surface area (Å²) in [5.74, 6) is 0.678. The zero-order valence-corrected chi connectivity index (χ0v) is 10.9. The van der Waals surface area contributed by atoms with Crippen LogP contribution in [0.2, 0.25) is 0 Å². The Bertz CT molecular complexity index is 304. The van der Waals surface area contributed by atoms with Gasteiger partial charge in [0.05, 0.1) is 11.1 Å². The lowest BCUT2D eigenvalue weighted by atomic mass is 10.2. The van der Waals surface area contributed by atoms with E-state index >= 15 is 0 Å². The molecule has 0 saturated carbocycles. The number of ether oxygens (including phenoxy) is 1. The van der Waals surface area contributed by atoms with E-state index < -0.39 is 0 Å². The van der Waals surface area contributed by atoms with Gasteiger partial charge in [0, 0.05) is 11.4 Å². The molecule has 0 fully saturated rings. The second-order valence-corrected chi connectivity index (χ2v) is 4.65. The Kier molecular flexibility index (Phi) is 4.89. The monoisotopic (exact) mass is 324 g/mol. The molecular weight excluding hydrogens is 315 g/mol. The average molecular weight is 326 g/mol. The lowest BCUT2D eigenvalue weighted by Crippen LogP contribution is -2.09. The molecule has 1 aromatic rings. The smallest absolute Gasteiger partial charge is 0.136 e. The molecule has 0 amide bonds. The van der Waals surface area contributed by atoms with Crippen LogP contribution in [0.25, 0.3) is 0 Å². The van der Waals surface area contributed by atoms with E-state index in [1.807, 2.05) is 0 Å². The standard InChI is InChI=1S/C10H11Br2FO/c1-7(5-11)6-14-10-4-8(13)2-3-9(10)12/h2-4,7H,5-6H2,1H3. The molecule has 0 aliphatic carbocycles. The van der Waals surface area contributed by atoms with Crippen molar-refractivity contribution in [2.75, 3.05) is 11.9 Å². The van der Waals surface area contributed by atoms with Crippen molar-refractivity contribution in [3.05, 3.63) is 28.5 Å². The first-order chi connectivity index (χ1) is 6.63. The third kappa shape index (κ3) is 3.58. The van der Waals surface area contributed by atoms with Crippen LogP contribution in [-0.4, -0.2) is 11.9 Å². The highest BCUT2D eigenvalue weighted by molar-refractivity contribution is 9.10. The van der Waals surface area contributed by atoms with Gasteiger partial charge in [0.1, 0.15) is 11.6 Å². The quantitative estimate of drug-likeness (QED) is 0.760. The van der Waals surface area contributed by atoms with Gasteiger partial charge in [0.25, 0.3) is 0 Å². The molecule has 14 heavy (non-hydrogen) atoms. The zero-order valence-electron chi connectivity index (χ0n) is 7.77. The molecule has 0 bridgehead atoms. The number of hydrogen-bond donors (Lipinski definition) is 0. The molecule has 1 atom stereocenters. The predicted octanol–water partition coefficient (Wildman–Crippen LogP) is 4.00. The van der Waals surface area contributed by atoms with E-state index in [-0.39, 0.29) is 5.82 Å². The molecule has 0 aromatic heterocycles. The van der Waals surface area contributed by atoms with Gasteiger partial charge in [-0.2, -0.15) is 0 Å². The number of benzene rings is 1. The summed E-state index contributed by atoms with van der Waals surface area (Å²) in [5, 5.41) is 0.875. The van der Waals surface area contributed by atoms with Gasteiger partial charge in [0.2, 0.25) is 0 Å². The summed E-state index contributed by atoms with van der Waals surface area (Å²) < 4.78 is 19.1. The van der Waals surface area contributed by atoms with Crippen molar-refractivity contribution in [2.24, 2.45) is 5.92 Å². The Hall–Kier alpha value is -0.0900. The van der Waals surface area contributed by atoms with Crippen molar-refractivity contribution in [1.29, 1.82) is 0 Å². The van der Waals surface area contributed by atoms with Gasteiger partial charge >= 0.3 is 0 Å². The molecule has 0 radical (unpaired) electrons. The number of halogens is 3. The van der Waals surface area contributed by atoms with Gasteiger partial charge in [-0.05, 0) is 34.0 Å². The van der Waals surface area contributed by atoms with E-state index in [1.165, 1.54) is 12.1 Å². The SMILES string of the molecule is CC(CBr)COc1cc(F)ccc1Br. The lowest BCUT2D eigenvalue weighted by Gasteiger charge is -2.11.